The van der Waals surface area contributed by atoms with Crippen LogP contribution < -0.4 is 4.74 Å². The minimum Gasteiger partial charge on any atom is -0.496 e. The lowest BCUT2D eigenvalue weighted by molar-refractivity contribution is -0.0445. The lowest BCUT2D eigenvalue weighted by Crippen LogP contribution is -2.60. The Hall–Kier alpha value is -1.26. The standard InChI is InChI=1S/C23H35FN2O5S.ClH/c1-4-15-32(28,29)26-11-9-25(10-12-26)23(7-13-31-14-8-23)6-5-20(27)22-18(2)16-19(24)17-21(22)30-3;/h16-17H,4-15H2,1-3H3;1H. The molecule has 10 heteroatoms. The number of carbonyl (C=O) groups excluding carboxylic acids is 1. The largest absolute Gasteiger partial charge is 0.496 e. The van der Waals surface area contributed by atoms with Gasteiger partial charge in [-0.15, -0.1) is 12.4 Å². The second-order valence-corrected chi connectivity index (χ2v) is 10.9. The van der Waals surface area contributed by atoms with Crippen LogP contribution >= 0.6 is 12.4 Å². The number of hydrogen-bond acceptors (Lipinski definition) is 6. The fourth-order valence-corrected chi connectivity index (χ4v) is 6.50. The summed E-state index contributed by atoms with van der Waals surface area (Å²) in [5, 5.41) is 0. The Morgan fingerprint density at radius 2 is 1.82 bits per heavy atom. The average Bonchev–Trinajstić information content (AvgIpc) is 2.77. The summed E-state index contributed by atoms with van der Waals surface area (Å²) in [7, 11) is -1.76. The van der Waals surface area contributed by atoms with E-state index in [0.29, 0.717) is 69.8 Å². The maximum atomic E-state index is 13.7. The van der Waals surface area contributed by atoms with Gasteiger partial charge in [-0.25, -0.2) is 12.8 Å². The third kappa shape index (κ3) is 6.45. The van der Waals surface area contributed by atoms with E-state index in [-0.39, 0.29) is 35.2 Å². The van der Waals surface area contributed by atoms with Crippen molar-refractivity contribution in [3.05, 3.63) is 29.1 Å². The summed E-state index contributed by atoms with van der Waals surface area (Å²) in [6, 6.07) is 2.61. The maximum absolute atomic E-state index is 13.7. The van der Waals surface area contributed by atoms with Gasteiger partial charge >= 0.3 is 0 Å². The van der Waals surface area contributed by atoms with Crippen molar-refractivity contribution in [3.63, 3.8) is 0 Å². The molecule has 0 aliphatic carbocycles. The number of methoxy groups -OCH3 is 1. The number of sulfonamides is 1. The van der Waals surface area contributed by atoms with Crippen LogP contribution in [0.1, 0.15) is 54.9 Å². The van der Waals surface area contributed by atoms with Crippen molar-refractivity contribution >= 4 is 28.2 Å². The Labute approximate surface area is 203 Å². The van der Waals surface area contributed by atoms with Crippen LogP contribution in [0.5, 0.6) is 5.75 Å². The molecule has 1 aromatic rings. The molecule has 3 rings (SSSR count). The SMILES string of the molecule is CCCS(=O)(=O)N1CCN(C2(CCC(=O)c3c(C)cc(F)cc3OC)CCOCC2)CC1.Cl. The van der Waals surface area contributed by atoms with Crippen molar-refractivity contribution in [2.24, 2.45) is 0 Å². The van der Waals surface area contributed by atoms with Gasteiger partial charge in [0, 0.05) is 57.4 Å². The number of rotatable bonds is 9. The normalized spacial score (nSPS) is 19.6. The number of ether oxygens (including phenoxy) is 2. The number of nitrogens with zero attached hydrogens (tertiary/aromatic N) is 2. The molecule has 0 N–H and O–H groups in total. The van der Waals surface area contributed by atoms with Crippen LogP contribution in [0.25, 0.3) is 0 Å². The molecular formula is C23H36ClFN2O5S. The van der Waals surface area contributed by atoms with E-state index in [1.54, 1.807) is 11.2 Å². The highest BCUT2D eigenvalue weighted by molar-refractivity contribution is 7.89. The molecule has 0 aromatic heterocycles. The van der Waals surface area contributed by atoms with Crippen molar-refractivity contribution in [2.45, 2.75) is 51.5 Å². The van der Waals surface area contributed by atoms with Gasteiger partial charge in [-0.2, -0.15) is 4.31 Å². The number of benzene rings is 1. The maximum Gasteiger partial charge on any atom is 0.214 e. The Bertz CT molecular complexity index is 914. The summed E-state index contributed by atoms with van der Waals surface area (Å²) in [5.41, 5.74) is 0.810. The highest BCUT2D eigenvalue weighted by Crippen LogP contribution is 2.35. The van der Waals surface area contributed by atoms with Crippen molar-refractivity contribution in [2.75, 3.05) is 52.3 Å². The zero-order chi connectivity index (χ0) is 23.4. The molecule has 0 atom stereocenters. The molecule has 2 aliphatic rings. The van der Waals surface area contributed by atoms with Crippen molar-refractivity contribution < 1.29 is 27.1 Å². The van der Waals surface area contributed by atoms with E-state index < -0.39 is 15.8 Å². The first kappa shape index (κ1) is 28.0. The molecule has 0 spiro atoms. The monoisotopic (exact) mass is 506 g/mol. The summed E-state index contributed by atoms with van der Waals surface area (Å²) < 4.78 is 51.1. The second-order valence-electron chi connectivity index (χ2n) is 8.76. The quantitative estimate of drug-likeness (QED) is 0.478. The van der Waals surface area contributed by atoms with E-state index in [1.165, 1.54) is 19.2 Å². The lowest BCUT2D eigenvalue weighted by Gasteiger charge is -2.49. The number of ketones is 1. The summed E-state index contributed by atoms with van der Waals surface area (Å²) in [5.74, 6) is -0.0374. The fourth-order valence-electron chi connectivity index (χ4n) is 5.01. The Morgan fingerprint density at radius 1 is 1.18 bits per heavy atom. The Kier molecular flexibility index (Phi) is 10.1. The van der Waals surface area contributed by atoms with Gasteiger partial charge in [-0.3, -0.25) is 9.69 Å². The molecule has 2 fully saturated rings. The molecule has 0 amide bonds. The summed E-state index contributed by atoms with van der Waals surface area (Å²) in [6.45, 7) is 7.10. The van der Waals surface area contributed by atoms with Gasteiger partial charge in [0.1, 0.15) is 11.6 Å². The minimum atomic E-state index is -3.20. The van der Waals surface area contributed by atoms with Crippen LogP contribution in [0.4, 0.5) is 4.39 Å². The number of aryl methyl sites for hydroxylation is 1. The zero-order valence-corrected chi connectivity index (χ0v) is 21.4. The molecule has 188 valence electrons. The highest BCUT2D eigenvalue weighted by atomic mass is 35.5. The lowest BCUT2D eigenvalue weighted by atomic mass is 9.81. The predicted octanol–water partition coefficient (Wildman–Crippen LogP) is 3.43. The molecule has 1 aromatic carbocycles. The minimum absolute atomic E-state index is 0. The number of piperazine rings is 1. The Morgan fingerprint density at radius 3 is 2.39 bits per heavy atom. The molecule has 0 saturated carbocycles. The molecular weight excluding hydrogens is 471 g/mol. The zero-order valence-electron chi connectivity index (χ0n) is 19.8. The first-order valence-electron chi connectivity index (χ1n) is 11.4. The average molecular weight is 507 g/mol. The number of halogens is 2. The van der Waals surface area contributed by atoms with E-state index in [1.807, 2.05) is 6.92 Å². The van der Waals surface area contributed by atoms with Gasteiger partial charge in [-0.1, -0.05) is 6.92 Å². The molecule has 0 unspecified atom stereocenters. The summed E-state index contributed by atoms with van der Waals surface area (Å²) >= 11 is 0. The first-order valence-corrected chi connectivity index (χ1v) is 13.0. The Balaban J connectivity index is 0.00000385. The van der Waals surface area contributed by atoms with E-state index in [2.05, 4.69) is 4.90 Å². The highest BCUT2D eigenvalue weighted by Gasteiger charge is 2.41. The molecule has 7 nitrogen and oxygen atoms in total. The third-order valence-corrected chi connectivity index (χ3v) is 8.84. The molecule has 0 bridgehead atoms. The topological polar surface area (TPSA) is 76.2 Å². The van der Waals surface area contributed by atoms with Crippen LogP contribution in [0.2, 0.25) is 0 Å². The van der Waals surface area contributed by atoms with Gasteiger partial charge in [0.2, 0.25) is 10.0 Å². The summed E-state index contributed by atoms with van der Waals surface area (Å²) in [6.07, 6.45) is 3.19. The van der Waals surface area contributed by atoms with Crippen LogP contribution in [-0.4, -0.2) is 81.2 Å². The second kappa shape index (κ2) is 11.9. The molecule has 2 heterocycles. The molecule has 2 saturated heterocycles. The van der Waals surface area contributed by atoms with Crippen LogP contribution in [-0.2, 0) is 14.8 Å². The predicted molar refractivity (Wildman–Crippen MR) is 129 cm³/mol. The fraction of sp³-hybridized carbons (Fsp3) is 0.696. The summed E-state index contributed by atoms with van der Waals surface area (Å²) in [4.78, 5) is 15.5. The third-order valence-electron chi connectivity index (χ3n) is 6.77. The van der Waals surface area contributed by atoms with Gasteiger partial charge < -0.3 is 9.47 Å². The van der Waals surface area contributed by atoms with E-state index >= 15 is 0 Å². The van der Waals surface area contributed by atoms with Crippen molar-refractivity contribution in [1.29, 1.82) is 0 Å². The van der Waals surface area contributed by atoms with Crippen LogP contribution in [0.3, 0.4) is 0 Å². The van der Waals surface area contributed by atoms with Crippen molar-refractivity contribution in [1.82, 2.24) is 9.21 Å². The van der Waals surface area contributed by atoms with E-state index in [0.717, 1.165) is 12.8 Å². The molecule has 33 heavy (non-hydrogen) atoms. The number of Topliss-reactive ketones (excluding diaryl/α,β-unsaturated/α-hetero) is 1. The van der Waals surface area contributed by atoms with Gasteiger partial charge in [-0.05, 0) is 44.2 Å². The van der Waals surface area contributed by atoms with Gasteiger partial charge in [0.05, 0.1) is 18.4 Å². The van der Waals surface area contributed by atoms with Gasteiger partial charge in [0.15, 0.2) is 5.78 Å². The number of carbonyl (C=O) groups is 1. The van der Waals surface area contributed by atoms with Gasteiger partial charge in [0.25, 0.3) is 0 Å². The van der Waals surface area contributed by atoms with Crippen LogP contribution in [0, 0.1) is 12.7 Å². The van der Waals surface area contributed by atoms with E-state index in [4.69, 9.17) is 9.47 Å². The van der Waals surface area contributed by atoms with Crippen LogP contribution in [0.15, 0.2) is 12.1 Å². The first-order chi connectivity index (χ1) is 15.2. The molecule has 2 aliphatic heterocycles. The van der Waals surface area contributed by atoms with E-state index in [9.17, 15) is 17.6 Å². The number of hydrogen-bond donors (Lipinski definition) is 0. The van der Waals surface area contributed by atoms with Crippen molar-refractivity contribution in [3.8, 4) is 5.75 Å². The smallest absolute Gasteiger partial charge is 0.214 e. The molecule has 0 radical (unpaired) electrons.